The number of thiophene rings is 1. The molecule has 1 aliphatic heterocycles. The first-order valence-electron chi connectivity index (χ1n) is 6.86. The average molecular weight is 318 g/mol. The molecule has 0 radical (unpaired) electrons. The average Bonchev–Trinajstić information content (AvgIpc) is 3.16. The number of thioether (sulfide) groups is 1. The summed E-state index contributed by atoms with van der Waals surface area (Å²) in [6.07, 6.45) is 2.59. The number of fused-ring (bicyclic) bond motifs is 1. The van der Waals surface area contributed by atoms with Gasteiger partial charge >= 0.3 is 0 Å². The topological polar surface area (TPSA) is 63.8 Å². The lowest BCUT2D eigenvalue weighted by Gasteiger charge is -2.21. The third-order valence-electron chi connectivity index (χ3n) is 3.45. The first-order valence-corrected chi connectivity index (χ1v) is 8.89. The number of nitrogens with zero attached hydrogens (tertiary/aromatic N) is 3. The molecule has 1 unspecified atom stereocenters. The number of hydrogen-bond donors (Lipinski definition) is 1. The van der Waals surface area contributed by atoms with Crippen LogP contribution in [0, 0.1) is 0 Å². The predicted molar refractivity (Wildman–Crippen MR) is 85.7 cm³/mol. The van der Waals surface area contributed by atoms with E-state index in [9.17, 15) is 0 Å². The van der Waals surface area contributed by atoms with Crippen LogP contribution in [-0.4, -0.2) is 39.2 Å². The Labute approximate surface area is 130 Å². The summed E-state index contributed by atoms with van der Waals surface area (Å²) in [6.45, 7) is 1.05. The zero-order valence-electron chi connectivity index (χ0n) is 11.3. The van der Waals surface area contributed by atoms with Crippen LogP contribution >= 0.6 is 23.1 Å². The van der Waals surface area contributed by atoms with Gasteiger partial charge in [0.25, 0.3) is 0 Å². The van der Waals surface area contributed by atoms with Crippen molar-refractivity contribution in [3.05, 3.63) is 29.6 Å². The summed E-state index contributed by atoms with van der Waals surface area (Å²) in [4.78, 5) is 8.92. The maximum Gasteiger partial charge on any atom is 0.228 e. The van der Waals surface area contributed by atoms with Crippen molar-refractivity contribution < 1.29 is 4.52 Å². The molecule has 0 saturated carbocycles. The molecule has 7 heteroatoms. The van der Waals surface area contributed by atoms with Crippen molar-refractivity contribution in [3.63, 3.8) is 0 Å². The van der Waals surface area contributed by atoms with Crippen molar-refractivity contribution in [2.75, 3.05) is 18.1 Å². The molecule has 0 aliphatic carbocycles. The fourth-order valence-electron chi connectivity index (χ4n) is 2.39. The molecule has 3 aromatic heterocycles. The summed E-state index contributed by atoms with van der Waals surface area (Å²) in [5, 5.41) is 9.60. The van der Waals surface area contributed by atoms with Crippen LogP contribution < -0.4 is 5.32 Å². The predicted octanol–water partition coefficient (Wildman–Crippen LogP) is 2.59. The zero-order chi connectivity index (χ0) is 14.1. The minimum atomic E-state index is 0.426. The number of pyridine rings is 1. The summed E-state index contributed by atoms with van der Waals surface area (Å²) >= 11 is 3.64. The van der Waals surface area contributed by atoms with Crippen molar-refractivity contribution in [1.29, 1.82) is 0 Å². The van der Waals surface area contributed by atoms with Gasteiger partial charge in [-0.15, -0.1) is 11.3 Å². The molecule has 3 aromatic rings. The van der Waals surface area contributed by atoms with E-state index in [2.05, 4.69) is 26.5 Å². The molecule has 0 aromatic carbocycles. The second kappa shape index (κ2) is 5.75. The summed E-state index contributed by atoms with van der Waals surface area (Å²) in [5.41, 5.74) is 1.92. The van der Waals surface area contributed by atoms with E-state index in [0.717, 1.165) is 34.5 Å². The Bertz CT molecular complexity index is 748. The van der Waals surface area contributed by atoms with E-state index in [4.69, 9.17) is 4.52 Å². The molecule has 4 heterocycles. The fourth-order valence-corrected chi connectivity index (χ4v) is 4.11. The highest BCUT2D eigenvalue weighted by atomic mass is 32.2. The molecule has 5 nitrogen and oxygen atoms in total. The minimum absolute atomic E-state index is 0.426. The van der Waals surface area contributed by atoms with Gasteiger partial charge in [0.1, 0.15) is 0 Å². The van der Waals surface area contributed by atoms with Crippen molar-refractivity contribution in [3.8, 4) is 11.4 Å². The highest BCUT2D eigenvalue weighted by molar-refractivity contribution is 7.99. The lowest BCUT2D eigenvalue weighted by Crippen LogP contribution is -2.38. The van der Waals surface area contributed by atoms with Crippen LogP contribution in [0.3, 0.4) is 0 Å². The second-order valence-electron chi connectivity index (χ2n) is 4.97. The van der Waals surface area contributed by atoms with Gasteiger partial charge in [-0.2, -0.15) is 16.7 Å². The van der Waals surface area contributed by atoms with E-state index in [0.29, 0.717) is 17.8 Å². The number of nitrogens with one attached hydrogen (secondary N) is 1. The number of aromatic nitrogens is 3. The summed E-state index contributed by atoms with van der Waals surface area (Å²) in [6, 6.07) is 4.50. The van der Waals surface area contributed by atoms with E-state index in [-0.39, 0.29) is 0 Å². The number of rotatable bonds is 3. The van der Waals surface area contributed by atoms with Gasteiger partial charge in [-0.05, 0) is 17.5 Å². The van der Waals surface area contributed by atoms with Crippen LogP contribution in [0.15, 0.2) is 28.2 Å². The molecule has 0 amide bonds. The Balaban J connectivity index is 1.55. The molecule has 0 bridgehead atoms. The maximum absolute atomic E-state index is 5.38. The van der Waals surface area contributed by atoms with Crippen molar-refractivity contribution in [2.24, 2.45) is 0 Å². The first-order chi connectivity index (χ1) is 10.4. The molecule has 1 atom stereocenters. The van der Waals surface area contributed by atoms with Crippen molar-refractivity contribution >= 4 is 33.3 Å². The lowest BCUT2D eigenvalue weighted by molar-refractivity contribution is 0.363. The van der Waals surface area contributed by atoms with Crippen LogP contribution in [0.4, 0.5) is 0 Å². The molecule has 21 heavy (non-hydrogen) atoms. The molecular weight excluding hydrogens is 304 g/mol. The molecule has 4 rings (SSSR count). The van der Waals surface area contributed by atoms with Crippen LogP contribution in [-0.2, 0) is 6.42 Å². The summed E-state index contributed by atoms with van der Waals surface area (Å²) < 4.78 is 6.52. The first kappa shape index (κ1) is 13.2. The van der Waals surface area contributed by atoms with Crippen LogP contribution in [0.25, 0.3) is 21.6 Å². The highest BCUT2D eigenvalue weighted by Crippen LogP contribution is 2.24. The lowest BCUT2D eigenvalue weighted by atomic mass is 10.2. The summed E-state index contributed by atoms with van der Waals surface area (Å²) in [7, 11) is 0. The van der Waals surface area contributed by atoms with Crippen molar-refractivity contribution in [2.45, 2.75) is 12.5 Å². The fraction of sp³-hybridized carbons (Fsp3) is 0.357. The zero-order valence-corrected chi connectivity index (χ0v) is 12.9. The van der Waals surface area contributed by atoms with E-state index < -0.39 is 0 Å². The Morgan fingerprint density at radius 3 is 3.33 bits per heavy atom. The normalized spacial score (nSPS) is 19.1. The van der Waals surface area contributed by atoms with Gasteiger partial charge in [-0.25, -0.2) is 0 Å². The largest absolute Gasteiger partial charge is 0.339 e. The van der Waals surface area contributed by atoms with Gasteiger partial charge in [0, 0.05) is 42.3 Å². The Kier molecular flexibility index (Phi) is 3.62. The highest BCUT2D eigenvalue weighted by Gasteiger charge is 2.18. The quantitative estimate of drug-likeness (QED) is 0.801. The van der Waals surface area contributed by atoms with Gasteiger partial charge in [-0.1, -0.05) is 5.16 Å². The van der Waals surface area contributed by atoms with Gasteiger partial charge in [-0.3, -0.25) is 4.98 Å². The molecule has 1 fully saturated rings. The van der Waals surface area contributed by atoms with E-state index in [1.807, 2.05) is 23.2 Å². The summed E-state index contributed by atoms with van der Waals surface area (Å²) in [5.74, 6) is 3.59. The van der Waals surface area contributed by atoms with E-state index >= 15 is 0 Å². The smallest absolute Gasteiger partial charge is 0.228 e. The monoisotopic (exact) mass is 318 g/mol. The Hall–Kier alpha value is -1.44. The van der Waals surface area contributed by atoms with E-state index in [1.54, 1.807) is 17.5 Å². The standard InChI is InChI=1S/C14H14N4OS2/c1-3-21-12-5-9(7-16-11(1)12)14-17-13(19-18-14)6-10-8-20-4-2-15-10/h1,3,5,7,10,15H,2,4,6,8H2. The van der Waals surface area contributed by atoms with Crippen LogP contribution in [0.2, 0.25) is 0 Å². The molecule has 108 valence electrons. The third-order valence-corrected chi connectivity index (χ3v) is 5.43. The second-order valence-corrected chi connectivity index (χ2v) is 7.07. The maximum atomic E-state index is 5.38. The molecule has 0 spiro atoms. The van der Waals surface area contributed by atoms with Gasteiger partial charge < -0.3 is 9.84 Å². The van der Waals surface area contributed by atoms with Gasteiger partial charge in [0.15, 0.2) is 0 Å². The van der Waals surface area contributed by atoms with Gasteiger partial charge in [0.05, 0.1) is 10.2 Å². The SMILES string of the molecule is c1cc2ncc(-c3noc(CC4CSCCN4)n3)cc2s1. The Morgan fingerprint density at radius 2 is 2.43 bits per heavy atom. The van der Waals surface area contributed by atoms with Crippen molar-refractivity contribution in [1.82, 2.24) is 20.4 Å². The van der Waals surface area contributed by atoms with E-state index in [1.165, 1.54) is 5.75 Å². The number of hydrogen-bond acceptors (Lipinski definition) is 7. The molecular formula is C14H14N4OS2. The molecule has 1 N–H and O–H groups in total. The molecule has 1 aliphatic rings. The minimum Gasteiger partial charge on any atom is -0.339 e. The Morgan fingerprint density at radius 1 is 1.43 bits per heavy atom. The molecule has 1 saturated heterocycles. The van der Waals surface area contributed by atoms with Crippen LogP contribution in [0.1, 0.15) is 5.89 Å². The third kappa shape index (κ3) is 2.81. The van der Waals surface area contributed by atoms with Gasteiger partial charge in [0.2, 0.25) is 11.7 Å². The van der Waals surface area contributed by atoms with Crippen LogP contribution in [0.5, 0.6) is 0 Å².